The Morgan fingerprint density at radius 2 is 2.00 bits per heavy atom. The maximum absolute atomic E-state index is 13.6. The number of nitrogens with one attached hydrogen (secondary N) is 2. The van der Waals surface area contributed by atoms with Crippen LogP contribution in [0.25, 0.3) is 0 Å². The fraction of sp³-hybridized carbons (Fsp3) is 0.481. The van der Waals surface area contributed by atoms with Crippen molar-refractivity contribution in [2.45, 2.75) is 56.7 Å². The molecule has 6 rings (SSSR count). The predicted octanol–water partition coefficient (Wildman–Crippen LogP) is 3.18. The predicted molar refractivity (Wildman–Crippen MR) is 132 cm³/mol. The van der Waals surface area contributed by atoms with E-state index >= 15 is 0 Å². The van der Waals surface area contributed by atoms with Crippen LogP contribution in [-0.4, -0.2) is 59.0 Å². The molecule has 2 aliphatic carbocycles. The Bertz CT molecular complexity index is 1230. The summed E-state index contributed by atoms with van der Waals surface area (Å²) in [6.07, 6.45) is 8.85. The standard InChI is InChI=1S/C27H31N5O4/c1-28-25(34)30-21-5-6-22-18(12-21)8-10-27(22)16-31(26(35)36-27)15-24(33)32-14-20-9-11-29-13-19(20)4-7-23(32)17-2-3-17/h5-6,9,11-13,17,23H,2-4,7-8,10,14-16H2,1H3,(H2,28,30,34)/t23-,27+/m0/s1. The normalized spacial score (nSPS) is 24.7. The molecular formula is C27H31N5O4. The van der Waals surface area contributed by atoms with E-state index in [1.165, 1.54) is 5.56 Å². The molecule has 188 valence electrons. The van der Waals surface area contributed by atoms with Crippen LogP contribution in [0.1, 0.15) is 47.9 Å². The van der Waals surface area contributed by atoms with E-state index in [1.807, 2.05) is 35.4 Å². The van der Waals surface area contributed by atoms with Gasteiger partial charge in [0.15, 0.2) is 5.60 Å². The summed E-state index contributed by atoms with van der Waals surface area (Å²) < 4.78 is 5.96. The van der Waals surface area contributed by atoms with Gasteiger partial charge in [0.25, 0.3) is 0 Å². The van der Waals surface area contributed by atoms with E-state index in [2.05, 4.69) is 15.6 Å². The highest BCUT2D eigenvalue weighted by Gasteiger charge is 2.51. The van der Waals surface area contributed by atoms with E-state index in [9.17, 15) is 14.4 Å². The van der Waals surface area contributed by atoms with Crippen LogP contribution in [-0.2, 0) is 34.5 Å². The summed E-state index contributed by atoms with van der Waals surface area (Å²) in [6, 6.07) is 7.62. The molecule has 4 aliphatic rings. The quantitative estimate of drug-likeness (QED) is 0.687. The highest BCUT2D eigenvalue weighted by molar-refractivity contribution is 5.89. The van der Waals surface area contributed by atoms with E-state index in [0.29, 0.717) is 31.1 Å². The molecule has 1 aromatic heterocycles. The number of aromatic nitrogens is 1. The van der Waals surface area contributed by atoms with Crippen LogP contribution >= 0.6 is 0 Å². The highest BCUT2D eigenvalue weighted by atomic mass is 16.6. The van der Waals surface area contributed by atoms with Gasteiger partial charge in [0, 0.05) is 43.3 Å². The first kappa shape index (κ1) is 22.8. The number of carbonyl (C=O) groups is 3. The van der Waals surface area contributed by atoms with Crippen molar-refractivity contribution in [1.29, 1.82) is 0 Å². The van der Waals surface area contributed by atoms with Crippen molar-refractivity contribution in [3.05, 3.63) is 58.9 Å². The third-order valence-electron chi connectivity index (χ3n) is 8.13. The smallest absolute Gasteiger partial charge is 0.411 e. The molecule has 9 heteroatoms. The molecule has 4 amide bonds. The number of benzene rings is 1. The summed E-state index contributed by atoms with van der Waals surface area (Å²) in [5, 5.41) is 5.33. The fourth-order valence-corrected chi connectivity index (χ4v) is 6.11. The van der Waals surface area contributed by atoms with Gasteiger partial charge in [-0.2, -0.15) is 0 Å². The van der Waals surface area contributed by atoms with Gasteiger partial charge in [-0.05, 0) is 79.3 Å². The number of hydrogen-bond donors (Lipinski definition) is 2. The molecule has 1 spiro atoms. The van der Waals surface area contributed by atoms with E-state index in [-0.39, 0.29) is 24.5 Å². The van der Waals surface area contributed by atoms with Crippen LogP contribution in [0.4, 0.5) is 15.3 Å². The van der Waals surface area contributed by atoms with Crippen molar-refractivity contribution in [1.82, 2.24) is 20.1 Å². The zero-order valence-electron chi connectivity index (χ0n) is 20.5. The van der Waals surface area contributed by atoms with E-state index < -0.39 is 11.7 Å². The Morgan fingerprint density at radius 1 is 1.14 bits per heavy atom. The van der Waals surface area contributed by atoms with Crippen LogP contribution in [0, 0.1) is 5.92 Å². The second kappa shape index (κ2) is 8.80. The first-order valence-electron chi connectivity index (χ1n) is 12.8. The average Bonchev–Trinajstić information content (AvgIpc) is 3.63. The lowest BCUT2D eigenvalue weighted by atomic mass is 9.95. The minimum atomic E-state index is -0.745. The molecule has 0 radical (unpaired) electrons. The van der Waals surface area contributed by atoms with Gasteiger partial charge >= 0.3 is 12.1 Å². The maximum atomic E-state index is 13.6. The van der Waals surface area contributed by atoms with Gasteiger partial charge in [-0.1, -0.05) is 6.07 Å². The highest BCUT2D eigenvalue weighted by Crippen LogP contribution is 2.45. The number of rotatable bonds is 4. The number of anilines is 1. The second-order valence-electron chi connectivity index (χ2n) is 10.4. The largest absolute Gasteiger partial charge is 0.436 e. The average molecular weight is 490 g/mol. The summed E-state index contributed by atoms with van der Waals surface area (Å²) in [7, 11) is 1.57. The number of ether oxygens (including phenoxy) is 1. The van der Waals surface area contributed by atoms with Gasteiger partial charge in [0.2, 0.25) is 5.91 Å². The first-order valence-corrected chi connectivity index (χ1v) is 12.8. The number of pyridine rings is 1. The van der Waals surface area contributed by atoms with Crippen LogP contribution < -0.4 is 10.6 Å². The Labute approximate surface area is 210 Å². The molecule has 2 atom stereocenters. The van der Waals surface area contributed by atoms with Crippen LogP contribution in [0.15, 0.2) is 36.7 Å². The summed E-state index contributed by atoms with van der Waals surface area (Å²) >= 11 is 0. The minimum absolute atomic E-state index is 0.0195. The number of amides is 4. The maximum Gasteiger partial charge on any atom is 0.411 e. The number of hydrogen-bond acceptors (Lipinski definition) is 5. The molecule has 2 N–H and O–H groups in total. The monoisotopic (exact) mass is 489 g/mol. The van der Waals surface area contributed by atoms with E-state index in [0.717, 1.165) is 48.8 Å². The van der Waals surface area contributed by atoms with Crippen molar-refractivity contribution >= 4 is 23.7 Å². The van der Waals surface area contributed by atoms with E-state index in [1.54, 1.807) is 18.1 Å². The molecule has 9 nitrogen and oxygen atoms in total. The molecule has 1 saturated heterocycles. The van der Waals surface area contributed by atoms with E-state index in [4.69, 9.17) is 4.74 Å². The van der Waals surface area contributed by atoms with Crippen molar-refractivity contribution in [2.24, 2.45) is 5.92 Å². The lowest BCUT2D eigenvalue weighted by molar-refractivity contribution is -0.135. The summed E-state index contributed by atoms with van der Waals surface area (Å²) in [4.78, 5) is 46.1. The molecule has 1 aromatic carbocycles. The summed E-state index contributed by atoms with van der Waals surface area (Å²) in [5.41, 5.74) is 4.32. The molecule has 0 bridgehead atoms. The zero-order chi connectivity index (χ0) is 24.9. The number of fused-ring (bicyclic) bond motifs is 3. The molecule has 0 unspecified atom stereocenters. The molecule has 36 heavy (non-hydrogen) atoms. The molecule has 2 aliphatic heterocycles. The molecular weight excluding hydrogens is 458 g/mol. The first-order chi connectivity index (χ1) is 17.5. The van der Waals surface area contributed by atoms with Crippen LogP contribution in [0.3, 0.4) is 0 Å². The van der Waals surface area contributed by atoms with Crippen molar-refractivity contribution in [2.75, 3.05) is 25.5 Å². The summed E-state index contributed by atoms with van der Waals surface area (Å²) in [5.74, 6) is 0.529. The zero-order valence-corrected chi connectivity index (χ0v) is 20.5. The molecule has 3 heterocycles. The number of urea groups is 1. The van der Waals surface area contributed by atoms with Gasteiger partial charge in [-0.15, -0.1) is 0 Å². The van der Waals surface area contributed by atoms with Gasteiger partial charge < -0.3 is 20.3 Å². The molecule has 1 saturated carbocycles. The van der Waals surface area contributed by atoms with Crippen LogP contribution in [0.2, 0.25) is 0 Å². The Hall–Kier alpha value is -3.62. The number of aryl methyl sites for hydroxylation is 2. The van der Waals surface area contributed by atoms with Gasteiger partial charge in [0.1, 0.15) is 6.54 Å². The van der Waals surface area contributed by atoms with Crippen molar-refractivity contribution in [3.8, 4) is 0 Å². The third kappa shape index (κ3) is 4.06. The second-order valence-corrected chi connectivity index (χ2v) is 10.4. The SMILES string of the molecule is CNC(=O)Nc1ccc2c(c1)CC[C@@]21CN(CC(=O)N2Cc3ccncc3CC[C@H]2C2CC2)C(=O)O1. The lowest BCUT2D eigenvalue weighted by Crippen LogP contribution is -2.46. The van der Waals surface area contributed by atoms with Gasteiger partial charge in [0.05, 0.1) is 6.54 Å². The van der Waals surface area contributed by atoms with Gasteiger partial charge in [-0.25, -0.2) is 9.59 Å². The minimum Gasteiger partial charge on any atom is -0.436 e. The van der Waals surface area contributed by atoms with Crippen molar-refractivity contribution < 1.29 is 19.1 Å². The van der Waals surface area contributed by atoms with Crippen molar-refractivity contribution in [3.63, 3.8) is 0 Å². The van der Waals surface area contributed by atoms with Crippen LogP contribution in [0.5, 0.6) is 0 Å². The molecule has 2 fully saturated rings. The molecule has 2 aromatic rings. The lowest BCUT2D eigenvalue weighted by Gasteiger charge is -2.31. The number of nitrogens with zero attached hydrogens (tertiary/aromatic N) is 3. The fourth-order valence-electron chi connectivity index (χ4n) is 6.11. The Balaban J connectivity index is 1.19. The summed E-state index contributed by atoms with van der Waals surface area (Å²) in [6.45, 7) is 0.945. The van der Waals surface area contributed by atoms with Gasteiger partial charge in [-0.3, -0.25) is 14.7 Å². The Kier molecular flexibility index (Phi) is 5.58. The number of carbonyl (C=O) groups excluding carboxylic acids is 3. The third-order valence-corrected chi connectivity index (χ3v) is 8.13. The Morgan fingerprint density at radius 3 is 2.81 bits per heavy atom. The topological polar surface area (TPSA) is 104 Å².